The molecule has 0 aromatic carbocycles. The molecule has 1 aromatic heterocycles. The summed E-state index contributed by atoms with van der Waals surface area (Å²) in [6.07, 6.45) is 1.28. The Balaban J connectivity index is 1.63. The maximum atomic E-state index is 12.4. The van der Waals surface area contributed by atoms with E-state index in [9.17, 15) is 13.2 Å². The molecule has 1 aromatic rings. The van der Waals surface area contributed by atoms with Crippen LogP contribution < -0.4 is 4.72 Å². The number of hydrogen-bond acceptors (Lipinski definition) is 6. The fourth-order valence-corrected chi connectivity index (χ4v) is 3.38. The van der Waals surface area contributed by atoms with Gasteiger partial charge in [0.15, 0.2) is 0 Å². The van der Waals surface area contributed by atoms with Crippen LogP contribution >= 0.6 is 0 Å². The van der Waals surface area contributed by atoms with Crippen LogP contribution in [0.25, 0.3) is 0 Å². The maximum Gasteiger partial charge on any atom is 0.266 e. The van der Waals surface area contributed by atoms with Gasteiger partial charge in [-0.25, -0.2) is 13.1 Å². The van der Waals surface area contributed by atoms with E-state index in [0.29, 0.717) is 24.4 Å². The van der Waals surface area contributed by atoms with E-state index in [1.807, 2.05) is 6.07 Å². The first-order chi connectivity index (χ1) is 10.6. The highest BCUT2D eigenvalue weighted by Gasteiger charge is 2.34. The maximum absolute atomic E-state index is 12.4. The van der Waals surface area contributed by atoms with Crippen LogP contribution in [0.3, 0.4) is 0 Å². The summed E-state index contributed by atoms with van der Waals surface area (Å²) in [4.78, 5) is 23.3. The van der Waals surface area contributed by atoms with Crippen molar-refractivity contribution < 1.29 is 18.0 Å². The number of sulfonamides is 1. The summed E-state index contributed by atoms with van der Waals surface area (Å²) in [5.41, 5.74) is 1.30. The van der Waals surface area contributed by atoms with Crippen molar-refractivity contribution in [3.05, 3.63) is 30.1 Å². The van der Waals surface area contributed by atoms with E-state index in [0.717, 1.165) is 0 Å². The lowest BCUT2D eigenvalue weighted by atomic mass is 10.1. The predicted octanol–water partition coefficient (Wildman–Crippen LogP) is -0.664. The van der Waals surface area contributed by atoms with Crippen molar-refractivity contribution in [1.82, 2.24) is 14.6 Å². The Morgan fingerprint density at radius 1 is 1.36 bits per heavy atom. The Labute approximate surface area is 128 Å². The number of carbonyl (C=O) groups is 1. The van der Waals surface area contributed by atoms with Gasteiger partial charge in [0.05, 0.1) is 11.4 Å². The Morgan fingerprint density at radius 3 is 3.00 bits per heavy atom. The molecule has 0 spiro atoms. The molecule has 3 rings (SSSR count). The van der Waals surface area contributed by atoms with Gasteiger partial charge in [-0.2, -0.15) is 0 Å². The summed E-state index contributed by atoms with van der Waals surface area (Å²) in [5, 5.41) is 3.93. The van der Waals surface area contributed by atoms with Crippen LogP contribution in [0.5, 0.6) is 0 Å². The van der Waals surface area contributed by atoms with Crippen LogP contribution in [0.1, 0.15) is 12.1 Å². The van der Waals surface area contributed by atoms with Gasteiger partial charge in [0.2, 0.25) is 16.1 Å². The second kappa shape index (κ2) is 6.01. The summed E-state index contributed by atoms with van der Waals surface area (Å²) >= 11 is 0. The molecule has 1 amide bonds. The number of nitrogens with zero attached hydrogens (tertiary/aromatic N) is 3. The van der Waals surface area contributed by atoms with Crippen molar-refractivity contribution >= 4 is 21.6 Å². The molecule has 1 atom stereocenters. The molecule has 9 heteroatoms. The highest BCUT2D eigenvalue weighted by Crippen LogP contribution is 2.17. The number of nitrogens with one attached hydrogen (secondary N) is 1. The molecule has 2 aliphatic heterocycles. The minimum Gasteiger partial charge on any atom is -0.382 e. The van der Waals surface area contributed by atoms with Crippen molar-refractivity contribution in [1.29, 1.82) is 0 Å². The number of pyridine rings is 1. The molecule has 1 N–H and O–H groups in total. The minimum atomic E-state index is -3.29. The summed E-state index contributed by atoms with van der Waals surface area (Å²) in [7, 11) is -3.29. The average molecular weight is 324 g/mol. The Hall–Kier alpha value is -2.00. The number of rotatable bonds is 2. The highest BCUT2D eigenvalue weighted by atomic mass is 32.2. The zero-order chi connectivity index (χ0) is 15.6. The van der Waals surface area contributed by atoms with Gasteiger partial charge in [0.25, 0.3) is 5.91 Å². The number of carbonyl (C=O) groups excluding carboxylic acids is 1. The summed E-state index contributed by atoms with van der Waals surface area (Å²) in [6, 6.07) is 5.44. The molecule has 0 radical (unpaired) electrons. The number of hydrogen-bond donors (Lipinski definition) is 1. The zero-order valence-corrected chi connectivity index (χ0v) is 12.6. The number of amides is 1. The average Bonchev–Trinajstić information content (AvgIpc) is 2.93. The SMILES string of the molecule is O=C(C1CC(c2ccccn2)=NO1)N1CCNS(=O)(=O)CC1. The van der Waals surface area contributed by atoms with Crippen molar-refractivity contribution in [2.75, 3.05) is 25.4 Å². The van der Waals surface area contributed by atoms with Crippen LogP contribution in [0.15, 0.2) is 29.6 Å². The van der Waals surface area contributed by atoms with Crippen molar-refractivity contribution in [2.24, 2.45) is 5.16 Å². The van der Waals surface area contributed by atoms with E-state index in [1.165, 1.54) is 4.90 Å². The Morgan fingerprint density at radius 2 is 2.23 bits per heavy atom. The van der Waals surface area contributed by atoms with E-state index in [-0.39, 0.29) is 24.7 Å². The van der Waals surface area contributed by atoms with Crippen LogP contribution in [0.2, 0.25) is 0 Å². The third-order valence-corrected chi connectivity index (χ3v) is 4.91. The lowest BCUT2D eigenvalue weighted by Crippen LogP contribution is -2.41. The summed E-state index contributed by atoms with van der Waals surface area (Å²) in [5.74, 6) is -0.340. The fraction of sp³-hybridized carbons (Fsp3) is 0.462. The van der Waals surface area contributed by atoms with Gasteiger partial charge in [0.1, 0.15) is 5.71 Å². The van der Waals surface area contributed by atoms with Gasteiger partial charge in [-0.3, -0.25) is 9.78 Å². The molecule has 0 aliphatic carbocycles. The highest BCUT2D eigenvalue weighted by molar-refractivity contribution is 7.89. The minimum absolute atomic E-state index is 0.0978. The lowest BCUT2D eigenvalue weighted by molar-refractivity contribution is -0.141. The van der Waals surface area contributed by atoms with Gasteiger partial charge >= 0.3 is 0 Å². The third-order valence-electron chi connectivity index (χ3n) is 3.55. The molecular formula is C13H16N4O4S. The predicted molar refractivity (Wildman–Crippen MR) is 78.6 cm³/mol. The second-order valence-electron chi connectivity index (χ2n) is 5.09. The van der Waals surface area contributed by atoms with Gasteiger partial charge in [-0.1, -0.05) is 11.2 Å². The zero-order valence-electron chi connectivity index (χ0n) is 11.8. The number of aromatic nitrogens is 1. The Kier molecular flexibility index (Phi) is 4.08. The van der Waals surface area contributed by atoms with E-state index < -0.39 is 16.1 Å². The summed E-state index contributed by atoms with van der Waals surface area (Å²) < 4.78 is 25.4. The first-order valence-corrected chi connectivity index (χ1v) is 8.60. The molecule has 2 aliphatic rings. The van der Waals surface area contributed by atoms with Gasteiger partial charge in [-0.15, -0.1) is 0 Å². The van der Waals surface area contributed by atoms with Crippen LogP contribution in [-0.2, 0) is 19.7 Å². The molecule has 0 saturated carbocycles. The van der Waals surface area contributed by atoms with E-state index in [2.05, 4.69) is 14.9 Å². The number of oxime groups is 1. The van der Waals surface area contributed by atoms with Crippen LogP contribution in [-0.4, -0.2) is 61.4 Å². The third kappa shape index (κ3) is 3.25. The normalized spacial score (nSPS) is 24.3. The van der Waals surface area contributed by atoms with Gasteiger partial charge in [0, 0.05) is 32.3 Å². The molecule has 22 heavy (non-hydrogen) atoms. The van der Waals surface area contributed by atoms with Gasteiger partial charge < -0.3 is 9.74 Å². The molecule has 1 saturated heterocycles. The largest absolute Gasteiger partial charge is 0.382 e. The standard InChI is InChI=1S/C13H16N4O4S/c18-13(17-6-5-15-22(19,20)8-7-17)12-9-11(16-21-12)10-3-1-2-4-14-10/h1-4,12,15H,5-9H2. The van der Waals surface area contributed by atoms with Crippen molar-refractivity contribution in [2.45, 2.75) is 12.5 Å². The topological polar surface area (TPSA) is 101 Å². The molecule has 0 bridgehead atoms. The quantitative estimate of drug-likeness (QED) is 0.778. The fourth-order valence-electron chi connectivity index (χ4n) is 2.37. The molecule has 3 heterocycles. The second-order valence-corrected chi connectivity index (χ2v) is 7.02. The first-order valence-electron chi connectivity index (χ1n) is 6.95. The lowest BCUT2D eigenvalue weighted by Gasteiger charge is -2.21. The molecular weight excluding hydrogens is 308 g/mol. The summed E-state index contributed by atoms with van der Waals surface area (Å²) in [6.45, 7) is 0.707. The molecule has 1 unspecified atom stereocenters. The smallest absolute Gasteiger partial charge is 0.266 e. The van der Waals surface area contributed by atoms with Crippen LogP contribution in [0.4, 0.5) is 0 Å². The van der Waals surface area contributed by atoms with Crippen molar-refractivity contribution in [3.63, 3.8) is 0 Å². The first kappa shape index (κ1) is 14.9. The van der Waals surface area contributed by atoms with Crippen molar-refractivity contribution in [3.8, 4) is 0 Å². The molecule has 8 nitrogen and oxygen atoms in total. The monoisotopic (exact) mass is 324 g/mol. The van der Waals surface area contributed by atoms with Crippen LogP contribution in [0, 0.1) is 0 Å². The molecule has 1 fully saturated rings. The Bertz CT molecular complexity index is 689. The van der Waals surface area contributed by atoms with E-state index in [4.69, 9.17) is 4.84 Å². The van der Waals surface area contributed by atoms with E-state index >= 15 is 0 Å². The van der Waals surface area contributed by atoms with E-state index in [1.54, 1.807) is 18.3 Å². The molecule has 118 valence electrons. The van der Waals surface area contributed by atoms with Gasteiger partial charge in [-0.05, 0) is 12.1 Å².